The summed E-state index contributed by atoms with van der Waals surface area (Å²) in [5.41, 5.74) is 0.544. The second-order valence-electron chi connectivity index (χ2n) is 7.37. The normalized spacial score (nSPS) is 14.8. The van der Waals surface area contributed by atoms with E-state index >= 15 is 0 Å². The van der Waals surface area contributed by atoms with Crippen molar-refractivity contribution in [3.8, 4) is 0 Å². The molecule has 3 rings (SSSR count). The van der Waals surface area contributed by atoms with Gasteiger partial charge in [0.2, 0.25) is 0 Å². The summed E-state index contributed by atoms with van der Waals surface area (Å²) in [7, 11) is 1.58. The summed E-state index contributed by atoms with van der Waals surface area (Å²) < 4.78 is 8.17. The van der Waals surface area contributed by atoms with E-state index in [-0.39, 0.29) is 23.2 Å². The van der Waals surface area contributed by atoms with Crippen molar-refractivity contribution in [2.75, 3.05) is 26.8 Å². The lowest BCUT2D eigenvalue weighted by atomic mass is 9.95. The first kappa shape index (κ1) is 21.7. The molecule has 30 heavy (non-hydrogen) atoms. The van der Waals surface area contributed by atoms with Crippen LogP contribution >= 0.6 is 0 Å². The van der Waals surface area contributed by atoms with Crippen LogP contribution in [0.3, 0.4) is 0 Å². The molecule has 1 aliphatic heterocycles. The van der Waals surface area contributed by atoms with E-state index in [2.05, 4.69) is 5.10 Å². The fourth-order valence-electron chi connectivity index (χ4n) is 3.94. The standard InChI is InChI=1S/C20H27N5O5/c1-4-23-18(21-24(20(23)27)12-13-30-3)15-8-10-22(11-9-15)19(26)16-6-5-7-17(14(16)2)25(28)29/h5-7,15H,4,8-13H2,1-3H3. The van der Waals surface area contributed by atoms with Crippen molar-refractivity contribution < 1.29 is 14.5 Å². The average Bonchev–Trinajstić information content (AvgIpc) is 3.07. The lowest BCUT2D eigenvalue weighted by molar-refractivity contribution is -0.385. The first-order valence-electron chi connectivity index (χ1n) is 10.1. The Balaban J connectivity index is 1.74. The van der Waals surface area contributed by atoms with E-state index in [9.17, 15) is 19.7 Å². The van der Waals surface area contributed by atoms with Gasteiger partial charge in [-0.15, -0.1) is 0 Å². The highest BCUT2D eigenvalue weighted by Gasteiger charge is 2.30. The van der Waals surface area contributed by atoms with Gasteiger partial charge in [-0.25, -0.2) is 9.48 Å². The van der Waals surface area contributed by atoms with Crippen molar-refractivity contribution in [2.45, 2.75) is 45.7 Å². The molecule has 0 saturated carbocycles. The number of rotatable bonds is 7. The van der Waals surface area contributed by atoms with Crippen molar-refractivity contribution >= 4 is 11.6 Å². The highest BCUT2D eigenvalue weighted by molar-refractivity contribution is 5.96. The Morgan fingerprint density at radius 3 is 2.63 bits per heavy atom. The molecule has 2 aromatic rings. The number of hydrogen-bond acceptors (Lipinski definition) is 6. The van der Waals surface area contributed by atoms with E-state index in [4.69, 9.17) is 4.74 Å². The maximum atomic E-state index is 13.0. The Bertz CT molecular complexity index is 988. The summed E-state index contributed by atoms with van der Waals surface area (Å²) in [6, 6.07) is 4.57. The van der Waals surface area contributed by atoms with Crippen LogP contribution in [0.4, 0.5) is 5.69 Å². The van der Waals surface area contributed by atoms with Gasteiger partial charge in [-0.3, -0.25) is 19.5 Å². The summed E-state index contributed by atoms with van der Waals surface area (Å²) in [6.07, 6.45) is 1.36. The number of ether oxygens (including phenoxy) is 1. The number of benzene rings is 1. The molecule has 0 unspecified atom stereocenters. The van der Waals surface area contributed by atoms with Gasteiger partial charge in [0, 0.05) is 49.9 Å². The molecule has 1 fully saturated rings. The monoisotopic (exact) mass is 417 g/mol. The van der Waals surface area contributed by atoms with E-state index < -0.39 is 4.92 Å². The molecule has 0 aliphatic carbocycles. The molecule has 1 aromatic heterocycles. The molecule has 0 N–H and O–H groups in total. The summed E-state index contributed by atoms with van der Waals surface area (Å²) >= 11 is 0. The number of piperidine rings is 1. The molecule has 162 valence electrons. The second kappa shape index (κ2) is 9.21. The number of nitro benzene ring substituents is 1. The molecule has 1 aliphatic rings. The minimum absolute atomic E-state index is 0.0516. The van der Waals surface area contributed by atoms with Gasteiger partial charge in [-0.05, 0) is 32.8 Å². The predicted molar refractivity (Wildman–Crippen MR) is 110 cm³/mol. The molecular formula is C20H27N5O5. The Kier molecular flexibility index (Phi) is 6.66. The van der Waals surface area contributed by atoms with Gasteiger partial charge < -0.3 is 9.64 Å². The van der Waals surface area contributed by atoms with Gasteiger partial charge in [0.15, 0.2) is 0 Å². The molecule has 1 saturated heterocycles. The van der Waals surface area contributed by atoms with Crippen LogP contribution in [0.2, 0.25) is 0 Å². The van der Waals surface area contributed by atoms with Gasteiger partial charge >= 0.3 is 5.69 Å². The molecular weight excluding hydrogens is 390 g/mol. The third-order valence-corrected chi connectivity index (χ3v) is 5.65. The Hall–Kier alpha value is -3.01. The van der Waals surface area contributed by atoms with Crippen molar-refractivity contribution in [3.05, 3.63) is 55.7 Å². The second-order valence-corrected chi connectivity index (χ2v) is 7.37. The number of amides is 1. The zero-order chi connectivity index (χ0) is 21.8. The van der Waals surface area contributed by atoms with Crippen LogP contribution in [0, 0.1) is 17.0 Å². The predicted octanol–water partition coefficient (Wildman–Crippen LogP) is 1.95. The summed E-state index contributed by atoms with van der Waals surface area (Å²) in [6.45, 7) is 5.88. The maximum absolute atomic E-state index is 13.0. The van der Waals surface area contributed by atoms with E-state index in [1.165, 1.54) is 16.8 Å². The van der Waals surface area contributed by atoms with Crippen LogP contribution in [0.25, 0.3) is 0 Å². The molecule has 2 heterocycles. The highest BCUT2D eigenvalue weighted by Crippen LogP contribution is 2.28. The molecule has 0 bridgehead atoms. The fourth-order valence-corrected chi connectivity index (χ4v) is 3.94. The van der Waals surface area contributed by atoms with Crippen molar-refractivity contribution in [2.24, 2.45) is 0 Å². The number of nitrogens with zero attached hydrogens (tertiary/aromatic N) is 5. The number of carbonyl (C=O) groups is 1. The number of likely N-dealkylation sites (tertiary alicyclic amines) is 1. The van der Waals surface area contributed by atoms with Crippen LogP contribution in [-0.4, -0.2) is 56.9 Å². The number of aromatic nitrogens is 3. The minimum Gasteiger partial charge on any atom is -0.383 e. The van der Waals surface area contributed by atoms with Crippen molar-refractivity contribution in [1.29, 1.82) is 0 Å². The topological polar surface area (TPSA) is 112 Å². The van der Waals surface area contributed by atoms with E-state index in [1.54, 1.807) is 29.6 Å². The quantitative estimate of drug-likeness (QED) is 0.503. The number of methoxy groups -OCH3 is 1. The van der Waals surface area contributed by atoms with Gasteiger partial charge in [-0.1, -0.05) is 6.07 Å². The molecule has 1 amide bonds. The number of hydrogen-bond donors (Lipinski definition) is 0. The fraction of sp³-hybridized carbons (Fsp3) is 0.550. The number of nitro groups is 1. The van der Waals surface area contributed by atoms with Gasteiger partial charge in [0.25, 0.3) is 11.6 Å². The Morgan fingerprint density at radius 1 is 1.33 bits per heavy atom. The van der Waals surface area contributed by atoms with Crippen LogP contribution in [0.5, 0.6) is 0 Å². The third-order valence-electron chi connectivity index (χ3n) is 5.65. The summed E-state index contributed by atoms with van der Waals surface area (Å²) in [5.74, 6) is 0.627. The lowest BCUT2D eigenvalue weighted by Crippen LogP contribution is -2.39. The lowest BCUT2D eigenvalue weighted by Gasteiger charge is -2.32. The smallest absolute Gasteiger partial charge is 0.345 e. The van der Waals surface area contributed by atoms with Crippen LogP contribution < -0.4 is 5.69 Å². The van der Waals surface area contributed by atoms with E-state index in [1.807, 2.05) is 6.92 Å². The Labute approximate surface area is 174 Å². The summed E-state index contributed by atoms with van der Waals surface area (Å²) in [4.78, 5) is 37.9. The maximum Gasteiger partial charge on any atom is 0.345 e. The molecule has 10 heteroatoms. The Morgan fingerprint density at radius 2 is 2.03 bits per heavy atom. The van der Waals surface area contributed by atoms with Crippen LogP contribution in [0.15, 0.2) is 23.0 Å². The van der Waals surface area contributed by atoms with Gasteiger partial charge in [-0.2, -0.15) is 5.10 Å². The van der Waals surface area contributed by atoms with Gasteiger partial charge in [0.1, 0.15) is 5.82 Å². The minimum atomic E-state index is -0.470. The van der Waals surface area contributed by atoms with Crippen molar-refractivity contribution in [1.82, 2.24) is 19.2 Å². The molecule has 10 nitrogen and oxygen atoms in total. The average molecular weight is 417 g/mol. The molecule has 0 atom stereocenters. The first-order valence-corrected chi connectivity index (χ1v) is 10.1. The zero-order valence-electron chi connectivity index (χ0n) is 17.5. The highest BCUT2D eigenvalue weighted by atomic mass is 16.6. The van der Waals surface area contributed by atoms with Crippen molar-refractivity contribution in [3.63, 3.8) is 0 Å². The molecule has 1 aromatic carbocycles. The first-order chi connectivity index (χ1) is 14.4. The summed E-state index contributed by atoms with van der Waals surface area (Å²) in [5, 5.41) is 15.7. The zero-order valence-corrected chi connectivity index (χ0v) is 17.5. The van der Waals surface area contributed by atoms with Gasteiger partial charge in [0.05, 0.1) is 18.1 Å². The molecule has 0 radical (unpaired) electrons. The largest absolute Gasteiger partial charge is 0.383 e. The molecule has 0 spiro atoms. The van der Waals surface area contributed by atoms with E-state index in [0.29, 0.717) is 56.8 Å². The van der Waals surface area contributed by atoms with Crippen LogP contribution in [0.1, 0.15) is 47.4 Å². The van der Waals surface area contributed by atoms with E-state index in [0.717, 1.165) is 5.82 Å². The third kappa shape index (κ3) is 4.13. The number of carbonyl (C=O) groups excluding carboxylic acids is 1. The van der Waals surface area contributed by atoms with Crippen LogP contribution in [-0.2, 0) is 17.8 Å². The SMILES string of the molecule is CCn1c(C2CCN(C(=O)c3cccc([N+](=O)[O-])c3C)CC2)nn(CCOC)c1=O.